The van der Waals surface area contributed by atoms with E-state index in [-0.39, 0.29) is 11.2 Å². The second-order valence-electron chi connectivity index (χ2n) is 6.70. The summed E-state index contributed by atoms with van der Waals surface area (Å²) < 4.78 is 27.4. The molecule has 2 aliphatic rings. The molecule has 2 aliphatic heterocycles. The number of hydrogen-bond acceptors (Lipinski definition) is 6. The third-order valence-corrected chi connectivity index (χ3v) is 8.92. The molecule has 0 spiro atoms. The molecule has 4 heterocycles. The lowest BCUT2D eigenvalue weighted by Crippen LogP contribution is -2.34. The number of nitrogens with zero attached hydrogens (tertiary/aromatic N) is 3. The lowest BCUT2D eigenvalue weighted by atomic mass is 10.1. The van der Waals surface area contributed by atoms with Crippen LogP contribution in [0.5, 0.6) is 0 Å². The highest BCUT2D eigenvalue weighted by Crippen LogP contribution is 2.35. The topological polar surface area (TPSA) is 53.5 Å². The van der Waals surface area contributed by atoms with E-state index in [2.05, 4.69) is 28.9 Å². The van der Waals surface area contributed by atoms with Gasteiger partial charge in [0, 0.05) is 47.2 Å². The summed E-state index contributed by atoms with van der Waals surface area (Å²) in [6.45, 7) is 7.49. The summed E-state index contributed by atoms with van der Waals surface area (Å²) in [5.74, 6) is 0.218. The molecule has 2 aromatic heterocycles. The van der Waals surface area contributed by atoms with Crippen molar-refractivity contribution in [2.75, 3.05) is 19.6 Å². The number of sulfonamides is 1. The Labute approximate surface area is 151 Å². The molecule has 2 aromatic rings. The second kappa shape index (κ2) is 6.17. The maximum absolute atomic E-state index is 12.9. The molecule has 2 fully saturated rings. The van der Waals surface area contributed by atoms with Crippen molar-refractivity contribution >= 4 is 32.7 Å². The summed E-state index contributed by atoms with van der Waals surface area (Å²) in [6, 6.07) is 4.28. The molecule has 5 nitrogen and oxygen atoms in total. The van der Waals surface area contributed by atoms with Crippen molar-refractivity contribution in [3.05, 3.63) is 38.0 Å². The number of fused-ring (bicyclic) bond motifs is 1. The Bertz CT molecular complexity index is 842. The molecule has 4 rings (SSSR count). The van der Waals surface area contributed by atoms with Crippen LogP contribution in [0.1, 0.15) is 20.5 Å². The van der Waals surface area contributed by atoms with Crippen LogP contribution in [0.4, 0.5) is 0 Å². The zero-order valence-electron chi connectivity index (χ0n) is 13.8. The Morgan fingerprint density at radius 1 is 1.21 bits per heavy atom. The number of thiazole rings is 1. The van der Waals surface area contributed by atoms with Crippen molar-refractivity contribution in [2.45, 2.75) is 32.2 Å². The van der Waals surface area contributed by atoms with E-state index in [1.165, 1.54) is 9.75 Å². The summed E-state index contributed by atoms with van der Waals surface area (Å²) in [5.41, 5.74) is 0.868. The van der Waals surface area contributed by atoms with Gasteiger partial charge in [0.05, 0.1) is 22.5 Å². The average Bonchev–Trinajstić information content (AvgIpc) is 3.23. The standard InChI is InChI=1S/C16H21N3O2S3/c1-11-3-4-15(23-11)8-18-5-13-6-19(24(20,21)16(13)9-18)7-14-10-22-12(2)17-14/h3-4,10,13,16H,5-9H2,1-2H3. The fourth-order valence-electron chi connectivity index (χ4n) is 3.73. The first-order valence-electron chi connectivity index (χ1n) is 8.09. The van der Waals surface area contributed by atoms with Crippen molar-refractivity contribution in [3.8, 4) is 0 Å². The molecule has 0 aliphatic carbocycles. The van der Waals surface area contributed by atoms with Gasteiger partial charge < -0.3 is 0 Å². The van der Waals surface area contributed by atoms with Crippen molar-refractivity contribution < 1.29 is 8.42 Å². The first-order valence-corrected chi connectivity index (χ1v) is 11.3. The predicted molar refractivity (Wildman–Crippen MR) is 97.8 cm³/mol. The smallest absolute Gasteiger partial charge is 0.218 e. The normalized spacial score (nSPS) is 26.9. The summed E-state index contributed by atoms with van der Waals surface area (Å²) in [7, 11) is -3.21. The van der Waals surface area contributed by atoms with Gasteiger partial charge in [-0.3, -0.25) is 4.90 Å². The lowest BCUT2D eigenvalue weighted by Gasteiger charge is -2.20. The van der Waals surface area contributed by atoms with Crippen LogP contribution in [0.2, 0.25) is 0 Å². The van der Waals surface area contributed by atoms with Crippen LogP contribution >= 0.6 is 22.7 Å². The van der Waals surface area contributed by atoms with E-state index >= 15 is 0 Å². The number of aryl methyl sites for hydroxylation is 2. The van der Waals surface area contributed by atoms with Crippen LogP contribution < -0.4 is 0 Å². The van der Waals surface area contributed by atoms with Crippen LogP contribution in [0.15, 0.2) is 17.5 Å². The molecule has 0 saturated carbocycles. The average molecular weight is 384 g/mol. The highest BCUT2D eigenvalue weighted by Gasteiger charge is 2.50. The van der Waals surface area contributed by atoms with Gasteiger partial charge in [-0.15, -0.1) is 22.7 Å². The number of rotatable bonds is 4. The molecule has 2 atom stereocenters. The molecule has 0 amide bonds. The summed E-state index contributed by atoms with van der Waals surface area (Å²) >= 11 is 3.37. The number of likely N-dealkylation sites (tertiary alicyclic amines) is 1. The van der Waals surface area contributed by atoms with Crippen LogP contribution in [0, 0.1) is 19.8 Å². The molecule has 0 N–H and O–H groups in total. The van der Waals surface area contributed by atoms with Crippen LogP contribution in [0.25, 0.3) is 0 Å². The van der Waals surface area contributed by atoms with Gasteiger partial charge >= 0.3 is 0 Å². The van der Waals surface area contributed by atoms with Crippen molar-refractivity contribution in [1.82, 2.24) is 14.2 Å². The van der Waals surface area contributed by atoms with Crippen LogP contribution in [-0.4, -0.2) is 47.5 Å². The van der Waals surface area contributed by atoms with E-state index in [4.69, 9.17) is 0 Å². The van der Waals surface area contributed by atoms with Gasteiger partial charge in [0.2, 0.25) is 10.0 Å². The van der Waals surface area contributed by atoms with Crippen molar-refractivity contribution in [1.29, 1.82) is 0 Å². The first-order chi connectivity index (χ1) is 11.4. The van der Waals surface area contributed by atoms with Gasteiger partial charge in [0.25, 0.3) is 0 Å². The fraction of sp³-hybridized carbons (Fsp3) is 0.562. The molecule has 24 heavy (non-hydrogen) atoms. The molecule has 2 saturated heterocycles. The summed E-state index contributed by atoms with van der Waals surface area (Å²) in [5, 5.41) is 2.70. The Kier molecular flexibility index (Phi) is 4.29. The first kappa shape index (κ1) is 16.7. The van der Waals surface area contributed by atoms with E-state index < -0.39 is 10.0 Å². The Morgan fingerprint density at radius 3 is 2.67 bits per heavy atom. The third kappa shape index (κ3) is 3.06. The van der Waals surface area contributed by atoms with E-state index in [1.54, 1.807) is 27.0 Å². The van der Waals surface area contributed by atoms with E-state index in [9.17, 15) is 8.42 Å². The van der Waals surface area contributed by atoms with Gasteiger partial charge in [-0.25, -0.2) is 13.4 Å². The zero-order valence-corrected chi connectivity index (χ0v) is 16.3. The highest BCUT2D eigenvalue weighted by molar-refractivity contribution is 7.90. The minimum Gasteiger partial charge on any atom is -0.297 e. The van der Waals surface area contributed by atoms with E-state index in [0.29, 0.717) is 19.6 Å². The maximum atomic E-state index is 12.9. The van der Waals surface area contributed by atoms with Gasteiger partial charge in [-0.05, 0) is 26.0 Å². The molecule has 0 bridgehead atoms. The number of aromatic nitrogens is 1. The SMILES string of the molecule is Cc1ccc(CN2CC3CN(Cc4csc(C)n4)S(=O)(=O)C3C2)s1. The van der Waals surface area contributed by atoms with Gasteiger partial charge in [-0.2, -0.15) is 4.31 Å². The minimum absolute atomic E-state index is 0.218. The van der Waals surface area contributed by atoms with Gasteiger partial charge in [0.15, 0.2) is 0 Å². The fourth-order valence-corrected chi connectivity index (χ4v) is 7.42. The van der Waals surface area contributed by atoms with E-state index in [0.717, 1.165) is 23.8 Å². The Balaban J connectivity index is 1.44. The predicted octanol–water partition coefficient (Wildman–Crippen LogP) is 2.47. The van der Waals surface area contributed by atoms with E-state index in [1.807, 2.05) is 12.3 Å². The molecule has 0 radical (unpaired) electrons. The maximum Gasteiger partial charge on any atom is 0.218 e. The lowest BCUT2D eigenvalue weighted by molar-refractivity contribution is 0.296. The third-order valence-electron chi connectivity index (χ3n) is 4.82. The van der Waals surface area contributed by atoms with Crippen LogP contribution in [-0.2, 0) is 23.1 Å². The zero-order chi connectivity index (χ0) is 16.9. The number of thiophene rings is 1. The van der Waals surface area contributed by atoms with Gasteiger partial charge in [0.1, 0.15) is 0 Å². The summed E-state index contributed by atoms with van der Waals surface area (Å²) in [4.78, 5) is 9.33. The number of hydrogen-bond donors (Lipinski definition) is 0. The summed E-state index contributed by atoms with van der Waals surface area (Å²) in [6.07, 6.45) is 0. The quantitative estimate of drug-likeness (QED) is 0.814. The molecule has 130 valence electrons. The molecule has 0 aromatic carbocycles. The molecular formula is C16H21N3O2S3. The second-order valence-corrected chi connectivity index (χ2v) is 11.3. The van der Waals surface area contributed by atoms with Crippen LogP contribution in [0.3, 0.4) is 0 Å². The molecule has 8 heteroatoms. The highest BCUT2D eigenvalue weighted by atomic mass is 32.2. The van der Waals surface area contributed by atoms with Crippen molar-refractivity contribution in [3.63, 3.8) is 0 Å². The molecule has 2 unspecified atom stereocenters. The van der Waals surface area contributed by atoms with Gasteiger partial charge in [-0.1, -0.05) is 0 Å². The van der Waals surface area contributed by atoms with Crippen molar-refractivity contribution in [2.24, 2.45) is 5.92 Å². The largest absolute Gasteiger partial charge is 0.297 e. The minimum atomic E-state index is -3.21. The Hall–Kier alpha value is -0.800. The molecular weight excluding hydrogens is 362 g/mol. The Morgan fingerprint density at radius 2 is 2.04 bits per heavy atom. The monoisotopic (exact) mass is 383 g/mol.